The van der Waals surface area contributed by atoms with Crippen molar-refractivity contribution < 1.29 is 14.7 Å². The molecule has 1 aromatic heterocycles. The second-order valence-electron chi connectivity index (χ2n) is 6.13. The number of aromatic hydroxyl groups is 1. The lowest BCUT2D eigenvalue weighted by Gasteiger charge is -2.32. The highest BCUT2D eigenvalue weighted by Crippen LogP contribution is 2.29. The van der Waals surface area contributed by atoms with E-state index in [1.54, 1.807) is 11.1 Å². The first-order valence-electron chi connectivity index (χ1n) is 8.40. The van der Waals surface area contributed by atoms with E-state index in [9.17, 15) is 14.7 Å². The second kappa shape index (κ2) is 7.77. The Bertz CT molecular complexity index is 815. The van der Waals surface area contributed by atoms with Gasteiger partial charge in [-0.1, -0.05) is 6.58 Å². The Kier molecular flexibility index (Phi) is 5.26. The van der Waals surface area contributed by atoms with Crippen LogP contribution in [0.2, 0.25) is 0 Å². The van der Waals surface area contributed by atoms with Gasteiger partial charge in [-0.05, 0) is 43.2 Å². The molecule has 134 valence electrons. The van der Waals surface area contributed by atoms with Gasteiger partial charge in [0.1, 0.15) is 12.1 Å². The number of amides is 2. The number of anilines is 1. The molecule has 2 N–H and O–H groups in total. The third-order valence-electron chi connectivity index (χ3n) is 4.49. The van der Waals surface area contributed by atoms with Gasteiger partial charge in [0.15, 0.2) is 0 Å². The number of hydrogen-bond donors (Lipinski definition) is 2. The van der Waals surface area contributed by atoms with Crippen LogP contribution < -0.4 is 5.32 Å². The number of benzene rings is 1. The van der Waals surface area contributed by atoms with Gasteiger partial charge < -0.3 is 15.3 Å². The van der Waals surface area contributed by atoms with Crippen LogP contribution in [0.4, 0.5) is 5.69 Å². The number of nitrogens with one attached hydrogen (secondary N) is 1. The largest absolute Gasteiger partial charge is 0.507 e. The van der Waals surface area contributed by atoms with E-state index < -0.39 is 0 Å². The van der Waals surface area contributed by atoms with Crippen molar-refractivity contribution in [3.8, 4) is 5.75 Å². The number of phenolic OH excluding ortho intramolecular Hbond substituents is 1. The smallest absolute Gasteiger partial charge is 0.257 e. The van der Waals surface area contributed by atoms with Gasteiger partial charge in [-0.25, -0.2) is 9.97 Å². The lowest BCUT2D eigenvalue weighted by atomic mass is 9.93. The Morgan fingerprint density at radius 2 is 2.04 bits per heavy atom. The van der Waals surface area contributed by atoms with Crippen LogP contribution in [0.15, 0.2) is 49.4 Å². The Balaban J connectivity index is 1.69. The topological polar surface area (TPSA) is 95.4 Å². The van der Waals surface area contributed by atoms with Crippen LogP contribution in [-0.2, 0) is 4.79 Å². The maximum Gasteiger partial charge on any atom is 0.257 e. The van der Waals surface area contributed by atoms with Gasteiger partial charge in [-0.3, -0.25) is 9.59 Å². The van der Waals surface area contributed by atoms with E-state index in [1.807, 2.05) is 6.07 Å². The van der Waals surface area contributed by atoms with Crippen LogP contribution in [0.1, 0.15) is 34.8 Å². The fourth-order valence-electron chi connectivity index (χ4n) is 3.07. The molecule has 0 spiro atoms. The van der Waals surface area contributed by atoms with Gasteiger partial charge in [0.2, 0.25) is 5.91 Å². The van der Waals surface area contributed by atoms with Crippen molar-refractivity contribution in [2.75, 3.05) is 18.4 Å². The molecule has 1 aliphatic rings. The van der Waals surface area contributed by atoms with E-state index in [0.717, 1.165) is 24.6 Å². The minimum atomic E-state index is -0.375. The summed E-state index contributed by atoms with van der Waals surface area (Å²) in [7, 11) is 0. The number of carbonyl (C=O) groups is 2. The first kappa shape index (κ1) is 17.6. The maximum absolute atomic E-state index is 12.8. The van der Waals surface area contributed by atoms with Crippen molar-refractivity contribution >= 4 is 17.5 Å². The zero-order valence-corrected chi connectivity index (χ0v) is 14.3. The quantitative estimate of drug-likeness (QED) is 0.650. The summed E-state index contributed by atoms with van der Waals surface area (Å²) in [4.78, 5) is 34.1. The minimum absolute atomic E-state index is 0.107. The number of rotatable bonds is 4. The summed E-state index contributed by atoms with van der Waals surface area (Å²) in [5.41, 5.74) is 1.60. The summed E-state index contributed by atoms with van der Waals surface area (Å²) >= 11 is 0. The number of carbonyl (C=O) groups excluding carboxylic acids is 2. The van der Waals surface area contributed by atoms with Crippen molar-refractivity contribution in [1.29, 1.82) is 0 Å². The molecule has 1 saturated heterocycles. The van der Waals surface area contributed by atoms with Crippen molar-refractivity contribution in [2.24, 2.45) is 0 Å². The molecular formula is C19H20N4O3. The zero-order valence-electron chi connectivity index (χ0n) is 14.3. The summed E-state index contributed by atoms with van der Waals surface area (Å²) in [6.45, 7) is 4.55. The van der Waals surface area contributed by atoms with Crippen molar-refractivity contribution in [2.45, 2.75) is 18.8 Å². The zero-order chi connectivity index (χ0) is 18.5. The molecule has 3 rings (SSSR count). The molecule has 0 atom stereocenters. The molecule has 2 aromatic rings. The van der Waals surface area contributed by atoms with Crippen LogP contribution in [0.3, 0.4) is 0 Å². The number of nitrogens with zero attached hydrogens (tertiary/aromatic N) is 3. The number of phenols is 1. The van der Waals surface area contributed by atoms with E-state index in [0.29, 0.717) is 24.7 Å². The third-order valence-corrected chi connectivity index (χ3v) is 4.49. The molecule has 2 heterocycles. The first-order valence-corrected chi connectivity index (χ1v) is 8.40. The van der Waals surface area contributed by atoms with Crippen LogP contribution in [0, 0.1) is 0 Å². The highest BCUT2D eigenvalue weighted by molar-refractivity contribution is 6.02. The number of aromatic nitrogens is 2. The van der Waals surface area contributed by atoms with Crippen LogP contribution >= 0.6 is 0 Å². The van der Waals surface area contributed by atoms with Gasteiger partial charge in [0.25, 0.3) is 5.91 Å². The van der Waals surface area contributed by atoms with E-state index in [1.165, 1.54) is 24.5 Å². The van der Waals surface area contributed by atoms with E-state index in [4.69, 9.17) is 0 Å². The molecule has 0 bridgehead atoms. The Morgan fingerprint density at radius 3 is 2.69 bits per heavy atom. The Hall–Kier alpha value is -3.22. The molecule has 0 unspecified atom stereocenters. The predicted octanol–water partition coefficient (Wildman–Crippen LogP) is 2.33. The summed E-state index contributed by atoms with van der Waals surface area (Å²) in [5, 5.41) is 12.7. The first-order chi connectivity index (χ1) is 12.6. The molecule has 0 radical (unpaired) electrons. The molecule has 2 amide bonds. The Morgan fingerprint density at radius 1 is 1.27 bits per heavy atom. The average Bonchev–Trinajstić information content (AvgIpc) is 2.69. The highest BCUT2D eigenvalue weighted by Gasteiger charge is 2.26. The summed E-state index contributed by atoms with van der Waals surface area (Å²) in [6, 6.07) is 6.32. The molecular weight excluding hydrogens is 332 g/mol. The van der Waals surface area contributed by atoms with Crippen molar-refractivity contribution in [3.05, 3.63) is 60.7 Å². The maximum atomic E-state index is 12.8. The number of hydrogen-bond acceptors (Lipinski definition) is 5. The SMILES string of the molecule is C=CC(=O)Nc1ccc(O)c(C(=O)N2CCC(c3ccncn3)CC2)c1. The van der Waals surface area contributed by atoms with Crippen molar-refractivity contribution in [3.63, 3.8) is 0 Å². The van der Waals surface area contributed by atoms with Crippen molar-refractivity contribution in [1.82, 2.24) is 14.9 Å². The molecule has 0 saturated carbocycles. The number of piperidine rings is 1. The summed E-state index contributed by atoms with van der Waals surface area (Å²) in [5.74, 6) is -0.434. The fraction of sp³-hybridized carbons (Fsp3) is 0.263. The second-order valence-corrected chi connectivity index (χ2v) is 6.13. The summed E-state index contributed by atoms with van der Waals surface area (Å²) in [6.07, 6.45) is 6.01. The molecule has 0 aliphatic carbocycles. The lowest BCUT2D eigenvalue weighted by molar-refractivity contribution is -0.111. The van der Waals surface area contributed by atoms with Gasteiger partial charge in [-0.2, -0.15) is 0 Å². The van der Waals surface area contributed by atoms with Crippen LogP contribution in [0.5, 0.6) is 5.75 Å². The normalized spacial score (nSPS) is 14.7. The van der Waals surface area contributed by atoms with Gasteiger partial charge in [0, 0.05) is 36.6 Å². The molecule has 1 fully saturated rings. The monoisotopic (exact) mass is 352 g/mol. The standard InChI is InChI=1S/C19H20N4O3/c1-2-18(25)22-14-3-4-17(24)15(11-14)19(26)23-9-6-13(7-10-23)16-5-8-20-12-21-16/h2-5,8,11-13,24H,1,6-7,9-10H2,(H,22,25). The molecule has 7 nitrogen and oxygen atoms in total. The molecule has 26 heavy (non-hydrogen) atoms. The third kappa shape index (κ3) is 3.88. The molecule has 1 aliphatic heterocycles. The Labute approximate surface area is 151 Å². The van der Waals surface area contributed by atoms with E-state index in [-0.39, 0.29) is 23.1 Å². The lowest BCUT2D eigenvalue weighted by Crippen LogP contribution is -2.38. The highest BCUT2D eigenvalue weighted by atomic mass is 16.3. The van der Waals surface area contributed by atoms with Crippen LogP contribution in [0.25, 0.3) is 0 Å². The molecule has 1 aromatic carbocycles. The minimum Gasteiger partial charge on any atom is -0.507 e. The van der Waals surface area contributed by atoms with Crippen LogP contribution in [-0.4, -0.2) is 44.9 Å². The molecule has 7 heteroatoms. The predicted molar refractivity (Wildman–Crippen MR) is 96.8 cm³/mol. The number of likely N-dealkylation sites (tertiary alicyclic amines) is 1. The van der Waals surface area contributed by atoms with Gasteiger partial charge >= 0.3 is 0 Å². The van der Waals surface area contributed by atoms with E-state index in [2.05, 4.69) is 21.9 Å². The average molecular weight is 352 g/mol. The van der Waals surface area contributed by atoms with Gasteiger partial charge in [0.05, 0.1) is 5.56 Å². The van der Waals surface area contributed by atoms with Gasteiger partial charge in [-0.15, -0.1) is 0 Å². The fourth-order valence-corrected chi connectivity index (χ4v) is 3.07. The van der Waals surface area contributed by atoms with E-state index >= 15 is 0 Å². The summed E-state index contributed by atoms with van der Waals surface area (Å²) < 4.78 is 0.